The van der Waals surface area contributed by atoms with Crippen molar-refractivity contribution in [2.24, 2.45) is 0 Å². The van der Waals surface area contributed by atoms with Gasteiger partial charge in [0.25, 0.3) is 0 Å². The molecule has 0 saturated heterocycles. The summed E-state index contributed by atoms with van der Waals surface area (Å²) in [5, 5.41) is 15.8. The fraction of sp³-hybridized carbons (Fsp3) is 0. The Kier molecular flexibility index (Phi) is 19.4. The van der Waals surface area contributed by atoms with Gasteiger partial charge < -0.3 is 0 Å². The molecule has 0 unspecified atom stereocenters. The lowest BCUT2D eigenvalue weighted by Crippen LogP contribution is -1.96. The van der Waals surface area contributed by atoms with Crippen molar-refractivity contribution in [1.29, 1.82) is 0 Å². The van der Waals surface area contributed by atoms with Crippen LogP contribution in [-0.4, -0.2) is 29.9 Å². The molecule has 26 rings (SSSR count). The predicted molar refractivity (Wildman–Crippen MR) is 550 cm³/mol. The molecule has 20 aromatic carbocycles. The second-order valence-corrected chi connectivity index (χ2v) is 35.8. The first-order valence-corrected chi connectivity index (χ1v) is 45.9. The van der Waals surface area contributed by atoms with Crippen molar-refractivity contribution in [1.82, 2.24) is 29.9 Å². The van der Waals surface area contributed by atoms with Gasteiger partial charge >= 0.3 is 0 Å². The molecular formula is C120H74N6S3. The van der Waals surface area contributed by atoms with Crippen LogP contribution in [0.5, 0.6) is 0 Å². The van der Waals surface area contributed by atoms with Gasteiger partial charge in [-0.25, -0.2) is 29.9 Å². The molecule has 0 radical (unpaired) electrons. The maximum Gasteiger partial charge on any atom is 0.160 e. The van der Waals surface area contributed by atoms with E-state index in [1.54, 1.807) is 0 Å². The Labute approximate surface area is 756 Å². The van der Waals surface area contributed by atoms with E-state index in [1.165, 1.54) is 116 Å². The molecular weight excluding hydrogens is 1620 g/mol. The SMILES string of the molecule is c1ccc(-c2cccc(-c3nc(-c4ccc(-c5ccc6sc7ccccc7c6c5)cc4)c4ccc5ccccc5c4n3)c2)cc1.c1ccc(-c2nc3ccc4cc(-c5ccc(-c6cccc7sc8ccccc8c67)cc5)ccc4c3nc2-c2ccccc2)cc1.c1ccc(-c2nc3ccc4cc(-c5cccc6sc7ccccc7c56)ccc4c3nc2-c2ccccc2)cc1. The van der Waals surface area contributed by atoms with E-state index in [4.69, 9.17) is 29.9 Å². The molecule has 0 fully saturated rings. The first kappa shape index (κ1) is 76.5. The molecule has 6 nitrogen and oxygen atoms in total. The van der Waals surface area contributed by atoms with Gasteiger partial charge in [0.05, 0.1) is 56.1 Å². The molecule has 0 saturated carbocycles. The number of hydrogen-bond acceptors (Lipinski definition) is 9. The number of nitrogens with zero attached hydrogens (tertiary/aromatic N) is 6. The molecule has 0 atom stereocenters. The van der Waals surface area contributed by atoms with Gasteiger partial charge in [0.1, 0.15) is 0 Å². The van der Waals surface area contributed by atoms with Crippen molar-refractivity contribution in [3.8, 4) is 123 Å². The number of benzene rings is 20. The minimum atomic E-state index is 0.727. The molecule has 0 aliphatic carbocycles. The van der Waals surface area contributed by atoms with Crippen molar-refractivity contribution < 1.29 is 0 Å². The Morgan fingerprint density at radius 1 is 0.147 bits per heavy atom. The number of thiophene rings is 3. The lowest BCUT2D eigenvalue weighted by Gasteiger charge is -2.13. The minimum absolute atomic E-state index is 0.727. The molecule has 0 bridgehead atoms. The summed E-state index contributed by atoms with van der Waals surface area (Å²) in [6.07, 6.45) is 0. The largest absolute Gasteiger partial charge is 0.244 e. The minimum Gasteiger partial charge on any atom is -0.244 e. The highest BCUT2D eigenvalue weighted by atomic mass is 32.1. The topological polar surface area (TPSA) is 77.3 Å². The van der Waals surface area contributed by atoms with Crippen LogP contribution in [0.1, 0.15) is 0 Å². The Morgan fingerprint density at radius 2 is 0.488 bits per heavy atom. The quantitative estimate of drug-likeness (QED) is 0.120. The van der Waals surface area contributed by atoms with E-state index >= 15 is 0 Å². The van der Waals surface area contributed by atoms with Gasteiger partial charge in [0, 0.05) is 115 Å². The van der Waals surface area contributed by atoms with Crippen LogP contribution in [0.25, 0.3) is 249 Å². The fourth-order valence-corrected chi connectivity index (χ4v) is 21.9. The molecule has 9 heteroatoms. The van der Waals surface area contributed by atoms with E-state index in [0.717, 1.165) is 133 Å². The van der Waals surface area contributed by atoms with Crippen LogP contribution >= 0.6 is 34.0 Å². The van der Waals surface area contributed by atoms with Crippen molar-refractivity contribution in [3.63, 3.8) is 0 Å². The van der Waals surface area contributed by atoms with Crippen molar-refractivity contribution in [3.05, 3.63) is 449 Å². The zero-order chi connectivity index (χ0) is 85.2. The zero-order valence-electron chi connectivity index (χ0n) is 69.6. The molecule has 6 aromatic heterocycles. The second-order valence-electron chi connectivity index (χ2n) is 32.6. The summed E-state index contributed by atoms with van der Waals surface area (Å²) in [4.78, 5) is 31.3. The summed E-state index contributed by atoms with van der Waals surface area (Å²) in [5.41, 5.74) is 27.6. The van der Waals surface area contributed by atoms with Gasteiger partial charge in [-0.1, -0.05) is 370 Å². The van der Waals surface area contributed by atoms with E-state index < -0.39 is 0 Å². The van der Waals surface area contributed by atoms with Gasteiger partial charge in [-0.3, -0.25) is 0 Å². The third kappa shape index (κ3) is 14.2. The molecule has 0 spiro atoms. The summed E-state index contributed by atoms with van der Waals surface area (Å²) < 4.78 is 7.95. The number of aromatic nitrogens is 6. The number of fused-ring (bicyclic) bond motifs is 18. The molecule has 129 heavy (non-hydrogen) atoms. The highest BCUT2D eigenvalue weighted by Crippen LogP contribution is 2.46. The molecule has 0 amide bonds. The van der Waals surface area contributed by atoms with Gasteiger partial charge in [-0.2, -0.15) is 0 Å². The van der Waals surface area contributed by atoms with E-state index in [1.807, 2.05) is 64.3 Å². The van der Waals surface area contributed by atoms with Crippen LogP contribution < -0.4 is 0 Å². The normalized spacial score (nSPS) is 11.6. The molecule has 0 N–H and O–H groups in total. The Morgan fingerprint density at radius 3 is 1.05 bits per heavy atom. The third-order valence-corrected chi connectivity index (χ3v) is 28.2. The van der Waals surface area contributed by atoms with E-state index in [0.29, 0.717) is 0 Å². The monoisotopic (exact) mass is 1690 g/mol. The maximum absolute atomic E-state index is 5.28. The molecule has 602 valence electrons. The summed E-state index contributed by atoms with van der Waals surface area (Å²) in [6, 6.07) is 159. The fourth-order valence-electron chi connectivity index (χ4n) is 18.5. The first-order valence-electron chi connectivity index (χ1n) is 43.4. The van der Waals surface area contributed by atoms with Gasteiger partial charge in [0.15, 0.2) is 5.82 Å². The summed E-state index contributed by atoms with van der Waals surface area (Å²) in [5.74, 6) is 0.727. The zero-order valence-corrected chi connectivity index (χ0v) is 72.1. The van der Waals surface area contributed by atoms with Crippen LogP contribution in [-0.2, 0) is 0 Å². The van der Waals surface area contributed by atoms with Crippen LogP contribution in [0.15, 0.2) is 449 Å². The smallest absolute Gasteiger partial charge is 0.160 e. The van der Waals surface area contributed by atoms with E-state index in [9.17, 15) is 0 Å². The van der Waals surface area contributed by atoms with Gasteiger partial charge in [-0.15, -0.1) is 34.0 Å². The van der Waals surface area contributed by atoms with Crippen molar-refractivity contribution in [2.75, 3.05) is 0 Å². The van der Waals surface area contributed by atoms with Crippen LogP contribution in [0.3, 0.4) is 0 Å². The van der Waals surface area contributed by atoms with Gasteiger partial charge in [-0.05, 0) is 151 Å². The highest BCUT2D eigenvalue weighted by Gasteiger charge is 2.22. The summed E-state index contributed by atoms with van der Waals surface area (Å²) in [6.45, 7) is 0. The Bertz CT molecular complexity index is 8840. The highest BCUT2D eigenvalue weighted by molar-refractivity contribution is 7.26. The van der Waals surface area contributed by atoms with Crippen LogP contribution in [0, 0.1) is 0 Å². The molecule has 0 aliphatic rings. The van der Waals surface area contributed by atoms with Crippen LogP contribution in [0.4, 0.5) is 0 Å². The molecule has 26 aromatic rings. The Balaban J connectivity index is 0.000000108. The van der Waals surface area contributed by atoms with E-state index in [2.05, 4.69) is 419 Å². The molecule has 6 heterocycles. The van der Waals surface area contributed by atoms with Crippen molar-refractivity contribution >= 4 is 160 Å². The summed E-state index contributed by atoms with van der Waals surface area (Å²) in [7, 11) is 0. The van der Waals surface area contributed by atoms with Crippen molar-refractivity contribution in [2.45, 2.75) is 0 Å². The lowest BCUT2D eigenvalue weighted by atomic mass is 9.96. The maximum atomic E-state index is 5.28. The number of rotatable bonds is 11. The average Bonchev–Trinajstić information content (AvgIpc) is 1.71. The lowest BCUT2D eigenvalue weighted by molar-refractivity contribution is 1.23. The standard InChI is InChI=1S/2C42H26N2S.C36H22N2S/c1-3-10-29(11-4-1)40-41(30-12-5-2-6-13-30)44-42-34-24-22-31(26-32(34)23-25-36(42)43-40)27-18-20-28(21-19-27)33-15-9-17-38-39(33)35-14-7-8-16-37(35)45-38;1-2-9-27(10-3-1)31-12-8-13-33(25-31)42-43-40(36-23-21-29-11-4-5-14-34(29)41(36)44-42)30-19-17-28(18-20-30)32-22-24-39-37(26-32)35-15-6-7-16-38(35)45-39;1-3-10-23(11-4-1)34-35(24-12-5-2-6-13-24)38-36-28-20-18-25(22-26(28)19-21-30(36)37-34)27-15-9-17-32-33(27)29-14-7-8-16-31(29)39-32/h2*1-26H;1-22H. The Hall–Kier alpha value is -16.1. The average molecular weight is 1700 g/mol. The van der Waals surface area contributed by atoms with Crippen LogP contribution in [0.2, 0.25) is 0 Å². The third-order valence-electron chi connectivity index (χ3n) is 24.8. The van der Waals surface area contributed by atoms with E-state index in [-0.39, 0.29) is 0 Å². The second kappa shape index (κ2) is 32.8. The van der Waals surface area contributed by atoms with Gasteiger partial charge in [0.2, 0.25) is 0 Å². The predicted octanol–water partition coefficient (Wildman–Crippen LogP) is 33.8. The molecule has 0 aliphatic heterocycles. The first-order chi connectivity index (χ1) is 63.9. The summed E-state index contributed by atoms with van der Waals surface area (Å²) >= 11 is 5.57. The number of hydrogen-bond donors (Lipinski definition) is 0.